The molecule has 2 atom stereocenters. The van der Waals surface area contributed by atoms with Crippen molar-refractivity contribution in [2.75, 3.05) is 26.2 Å². The number of aromatic nitrogens is 1. The Morgan fingerprint density at radius 3 is 2.75 bits per heavy atom. The van der Waals surface area contributed by atoms with Crippen LogP contribution in [0.15, 0.2) is 17.1 Å². The molecule has 28 heavy (non-hydrogen) atoms. The van der Waals surface area contributed by atoms with Crippen LogP contribution in [0.3, 0.4) is 0 Å². The molecule has 0 aliphatic carbocycles. The molecule has 0 aromatic carbocycles. The summed E-state index contributed by atoms with van der Waals surface area (Å²) in [7, 11) is 0. The van der Waals surface area contributed by atoms with Gasteiger partial charge < -0.3 is 9.64 Å². The first-order chi connectivity index (χ1) is 13.1. The molecule has 2 aliphatic heterocycles. The van der Waals surface area contributed by atoms with E-state index >= 15 is 0 Å². The zero-order chi connectivity index (χ0) is 20.5. The van der Waals surface area contributed by atoms with E-state index in [2.05, 4.69) is 28.7 Å². The van der Waals surface area contributed by atoms with Crippen LogP contribution in [0.1, 0.15) is 58.3 Å². The van der Waals surface area contributed by atoms with Crippen molar-refractivity contribution in [1.82, 2.24) is 14.8 Å². The van der Waals surface area contributed by atoms with Crippen molar-refractivity contribution in [3.63, 3.8) is 0 Å². The van der Waals surface area contributed by atoms with Crippen LogP contribution in [0.5, 0.6) is 0 Å². The van der Waals surface area contributed by atoms with Gasteiger partial charge in [-0.1, -0.05) is 25.4 Å². The van der Waals surface area contributed by atoms with E-state index in [1.54, 1.807) is 6.07 Å². The molecule has 6 nitrogen and oxygen atoms in total. The summed E-state index contributed by atoms with van der Waals surface area (Å²) in [6.45, 7) is 13.0. The molecule has 1 aromatic heterocycles. The number of ether oxygens (including phenoxy) is 1. The Morgan fingerprint density at radius 1 is 1.32 bits per heavy atom. The summed E-state index contributed by atoms with van der Waals surface area (Å²) in [5.74, 6) is 0.485. The Balaban J connectivity index is 1.79. The summed E-state index contributed by atoms with van der Waals surface area (Å²) in [6, 6.07) is 3.98. The first-order valence-corrected chi connectivity index (χ1v) is 10.4. The average Bonchev–Trinajstić information content (AvgIpc) is 2.59. The number of rotatable bonds is 3. The van der Waals surface area contributed by atoms with Crippen molar-refractivity contribution >= 4 is 23.9 Å². The fraction of sp³-hybridized carbons (Fsp3) is 0.667. The molecular formula is C21H31ClN4O2. The van der Waals surface area contributed by atoms with Crippen molar-refractivity contribution < 1.29 is 9.53 Å². The van der Waals surface area contributed by atoms with Crippen LogP contribution in [0.4, 0.5) is 4.79 Å². The lowest BCUT2D eigenvalue weighted by molar-refractivity contribution is -0.0110. The highest BCUT2D eigenvalue weighted by Crippen LogP contribution is 2.30. The molecule has 7 heteroatoms. The third kappa shape index (κ3) is 5.03. The van der Waals surface area contributed by atoms with Crippen molar-refractivity contribution in [3.8, 4) is 0 Å². The van der Waals surface area contributed by atoms with Gasteiger partial charge in [-0.2, -0.15) is 0 Å². The van der Waals surface area contributed by atoms with E-state index in [-0.39, 0.29) is 18.2 Å². The van der Waals surface area contributed by atoms with E-state index in [0.29, 0.717) is 24.2 Å². The van der Waals surface area contributed by atoms with E-state index in [9.17, 15) is 4.79 Å². The van der Waals surface area contributed by atoms with Gasteiger partial charge in [-0.15, -0.1) is 0 Å². The second-order valence-corrected chi connectivity index (χ2v) is 9.46. The zero-order valence-corrected chi connectivity index (χ0v) is 18.2. The largest absolute Gasteiger partial charge is 0.444 e. The normalized spacial score (nSPS) is 23.0. The van der Waals surface area contributed by atoms with E-state index in [4.69, 9.17) is 16.3 Å². The standard InChI is InChI=1S/C21H31ClN4O2/c1-14(2)10-16-13-25(8-9-26(16)20(27)28-21(3,4)5)17-12-23-11-15-6-7-18(22)24-19(15)17/h6-7,11,14,16-17H,8-10,12-13H2,1-5H3. The molecule has 1 amide bonds. The average molecular weight is 407 g/mol. The van der Waals surface area contributed by atoms with Crippen LogP contribution < -0.4 is 0 Å². The van der Waals surface area contributed by atoms with Gasteiger partial charge in [-0.3, -0.25) is 9.89 Å². The Morgan fingerprint density at radius 2 is 2.07 bits per heavy atom. The molecule has 0 saturated carbocycles. The highest BCUT2D eigenvalue weighted by atomic mass is 35.5. The van der Waals surface area contributed by atoms with Crippen LogP contribution in [0.2, 0.25) is 5.15 Å². The monoisotopic (exact) mass is 406 g/mol. The Kier molecular flexibility index (Phi) is 6.30. The summed E-state index contributed by atoms with van der Waals surface area (Å²) in [6.07, 6.45) is 2.58. The van der Waals surface area contributed by atoms with Gasteiger partial charge in [0.15, 0.2) is 0 Å². The molecule has 0 bridgehead atoms. The minimum atomic E-state index is -0.492. The fourth-order valence-electron chi connectivity index (χ4n) is 3.93. The number of carbonyl (C=O) groups is 1. The maximum absolute atomic E-state index is 12.8. The molecule has 3 heterocycles. The third-order valence-electron chi connectivity index (χ3n) is 5.07. The number of hydrogen-bond donors (Lipinski definition) is 0. The molecule has 154 valence electrons. The Bertz CT molecular complexity index is 744. The van der Waals surface area contributed by atoms with Gasteiger partial charge in [0, 0.05) is 37.5 Å². The topological polar surface area (TPSA) is 58.0 Å². The van der Waals surface area contributed by atoms with Crippen molar-refractivity contribution in [2.45, 2.75) is 58.7 Å². The van der Waals surface area contributed by atoms with E-state index in [1.165, 1.54) is 0 Å². The molecule has 2 unspecified atom stereocenters. The molecule has 0 spiro atoms. The van der Waals surface area contributed by atoms with E-state index in [1.807, 2.05) is 38.0 Å². The summed E-state index contributed by atoms with van der Waals surface area (Å²) >= 11 is 6.16. The van der Waals surface area contributed by atoms with Crippen molar-refractivity contribution in [3.05, 3.63) is 28.5 Å². The summed E-state index contributed by atoms with van der Waals surface area (Å²) in [5, 5.41) is 0.505. The van der Waals surface area contributed by atoms with Crippen LogP contribution in [0.25, 0.3) is 0 Å². The molecule has 1 aromatic rings. The van der Waals surface area contributed by atoms with Crippen LogP contribution in [-0.2, 0) is 4.74 Å². The highest BCUT2D eigenvalue weighted by Gasteiger charge is 2.37. The van der Waals surface area contributed by atoms with E-state index < -0.39 is 5.60 Å². The minimum absolute atomic E-state index is 0.0918. The SMILES string of the molecule is CC(C)CC1CN(C2CN=Cc3ccc(Cl)nc32)CCN1C(=O)OC(C)(C)C. The van der Waals surface area contributed by atoms with Gasteiger partial charge in [0.25, 0.3) is 0 Å². The predicted octanol–water partition coefficient (Wildman–Crippen LogP) is 4.18. The van der Waals surface area contributed by atoms with Crippen LogP contribution in [0, 0.1) is 5.92 Å². The maximum atomic E-state index is 12.8. The van der Waals surface area contributed by atoms with Gasteiger partial charge in [0.05, 0.1) is 18.3 Å². The number of amides is 1. The lowest BCUT2D eigenvalue weighted by atomic mass is 9.97. The molecule has 0 radical (unpaired) electrons. The first-order valence-electron chi connectivity index (χ1n) is 10.0. The molecular weight excluding hydrogens is 376 g/mol. The molecule has 1 saturated heterocycles. The second-order valence-electron chi connectivity index (χ2n) is 9.07. The Labute approximate surface area is 172 Å². The fourth-order valence-corrected chi connectivity index (χ4v) is 4.09. The summed E-state index contributed by atoms with van der Waals surface area (Å²) in [5.41, 5.74) is 1.51. The van der Waals surface area contributed by atoms with Gasteiger partial charge >= 0.3 is 6.09 Å². The van der Waals surface area contributed by atoms with Gasteiger partial charge in [-0.25, -0.2) is 9.78 Å². The second kappa shape index (κ2) is 8.37. The highest BCUT2D eigenvalue weighted by molar-refractivity contribution is 6.29. The predicted molar refractivity (Wildman–Crippen MR) is 112 cm³/mol. The summed E-state index contributed by atoms with van der Waals surface area (Å²) < 4.78 is 5.66. The Hall–Kier alpha value is -1.66. The summed E-state index contributed by atoms with van der Waals surface area (Å²) in [4.78, 5) is 26.2. The van der Waals surface area contributed by atoms with Gasteiger partial charge in [0.2, 0.25) is 0 Å². The van der Waals surface area contributed by atoms with Gasteiger partial charge in [0.1, 0.15) is 10.8 Å². The molecule has 3 rings (SSSR count). The minimum Gasteiger partial charge on any atom is -0.444 e. The number of pyridine rings is 1. The number of halogens is 1. The number of aliphatic imine (C=N–C) groups is 1. The van der Waals surface area contributed by atoms with E-state index in [0.717, 1.165) is 30.8 Å². The third-order valence-corrected chi connectivity index (χ3v) is 5.28. The number of hydrogen-bond acceptors (Lipinski definition) is 5. The van der Waals surface area contributed by atoms with Crippen LogP contribution >= 0.6 is 11.6 Å². The van der Waals surface area contributed by atoms with Gasteiger partial charge in [-0.05, 0) is 45.2 Å². The van der Waals surface area contributed by atoms with Crippen molar-refractivity contribution in [1.29, 1.82) is 0 Å². The first kappa shape index (κ1) is 21.1. The molecule has 2 aliphatic rings. The number of carbonyl (C=O) groups excluding carboxylic acids is 1. The maximum Gasteiger partial charge on any atom is 0.410 e. The lowest BCUT2D eigenvalue weighted by Crippen LogP contribution is -2.57. The number of piperazine rings is 1. The zero-order valence-electron chi connectivity index (χ0n) is 17.5. The number of fused-ring (bicyclic) bond motifs is 1. The lowest BCUT2D eigenvalue weighted by Gasteiger charge is -2.45. The quantitative estimate of drug-likeness (QED) is 0.706. The smallest absolute Gasteiger partial charge is 0.410 e. The molecule has 0 N–H and O–H groups in total. The molecule has 1 fully saturated rings. The number of nitrogens with zero attached hydrogens (tertiary/aromatic N) is 4. The van der Waals surface area contributed by atoms with Crippen molar-refractivity contribution in [2.24, 2.45) is 10.9 Å². The van der Waals surface area contributed by atoms with Crippen LogP contribution in [-0.4, -0.2) is 64.9 Å².